The van der Waals surface area contributed by atoms with Crippen molar-refractivity contribution in [2.45, 2.75) is 6.54 Å². The van der Waals surface area contributed by atoms with Crippen molar-refractivity contribution in [1.29, 1.82) is 0 Å². The first-order valence-electron chi connectivity index (χ1n) is 3.47. The van der Waals surface area contributed by atoms with Gasteiger partial charge in [0.2, 0.25) is 6.08 Å². The zero-order valence-corrected chi connectivity index (χ0v) is 7.48. The second-order valence-electron chi connectivity index (χ2n) is 2.39. The zero-order valence-electron chi connectivity index (χ0n) is 6.72. The molecule has 0 heterocycles. The number of phenolic OH excluding ortho intramolecular Hbond substituents is 1. The van der Waals surface area contributed by atoms with Crippen LogP contribution in [0.25, 0.3) is 0 Å². The van der Waals surface area contributed by atoms with Gasteiger partial charge in [0.1, 0.15) is 0 Å². The summed E-state index contributed by atoms with van der Waals surface area (Å²) >= 11 is 5.30. The van der Waals surface area contributed by atoms with Gasteiger partial charge in [-0.05, 0) is 6.07 Å². The fourth-order valence-electron chi connectivity index (χ4n) is 0.891. The van der Waals surface area contributed by atoms with Gasteiger partial charge in [0, 0.05) is 0 Å². The molecule has 0 aliphatic rings. The van der Waals surface area contributed by atoms with Crippen LogP contribution in [-0.4, -0.2) is 11.2 Å². The Labute approximate surface area is 82.6 Å². The molecule has 3 nitrogen and oxygen atoms in total. The maximum absolute atomic E-state index is 13.1. The van der Waals surface area contributed by atoms with Gasteiger partial charge in [-0.3, -0.25) is 0 Å². The standard InChI is InChI=1S/C8H4ClF2NO2/c9-5-1-6(10)8(14)4(7(5)11)2-12-3-13/h1,14H,2H2. The maximum Gasteiger partial charge on any atom is 0.235 e. The van der Waals surface area contributed by atoms with Gasteiger partial charge in [-0.25, -0.2) is 18.6 Å². The Balaban J connectivity index is 3.31. The number of hydrogen-bond donors (Lipinski definition) is 1. The van der Waals surface area contributed by atoms with Gasteiger partial charge >= 0.3 is 0 Å². The fraction of sp³-hybridized carbons (Fsp3) is 0.125. The smallest absolute Gasteiger partial charge is 0.235 e. The van der Waals surface area contributed by atoms with Crippen molar-refractivity contribution in [3.8, 4) is 5.75 Å². The van der Waals surface area contributed by atoms with Crippen LogP contribution in [0.3, 0.4) is 0 Å². The number of hydrogen-bond acceptors (Lipinski definition) is 3. The molecular weight excluding hydrogens is 216 g/mol. The summed E-state index contributed by atoms with van der Waals surface area (Å²) in [6, 6.07) is 0.639. The molecule has 0 unspecified atom stereocenters. The lowest BCUT2D eigenvalue weighted by atomic mass is 10.2. The van der Waals surface area contributed by atoms with Gasteiger partial charge in [0.25, 0.3) is 0 Å². The van der Waals surface area contributed by atoms with Crippen molar-refractivity contribution in [3.63, 3.8) is 0 Å². The number of phenols is 1. The minimum Gasteiger partial charge on any atom is -0.505 e. The Morgan fingerprint density at radius 1 is 1.57 bits per heavy atom. The number of isocyanates is 1. The summed E-state index contributed by atoms with van der Waals surface area (Å²) in [5.41, 5.74) is -0.460. The lowest BCUT2D eigenvalue weighted by Crippen LogP contribution is -1.93. The van der Waals surface area contributed by atoms with Crippen LogP contribution >= 0.6 is 11.6 Å². The molecule has 6 heteroatoms. The maximum atomic E-state index is 13.1. The molecule has 14 heavy (non-hydrogen) atoms. The van der Waals surface area contributed by atoms with E-state index in [1.807, 2.05) is 0 Å². The van der Waals surface area contributed by atoms with Crippen molar-refractivity contribution in [2.75, 3.05) is 0 Å². The van der Waals surface area contributed by atoms with Gasteiger partial charge in [-0.15, -0.1) is 0 Å². The largest absolute Gasteiger partial charge is 0.505 e. The first-order valence-corrected chi connectivity index (χ1v) is 3.84. The molecule has 0 bridgehead atoms. The summed E-state index contributed by atoms with van der Waals surface area (Å²) < 4.78 is 25.9. The zero-order chi connectivity index (χ0) is 10.7. The first kappa shape index (κ1) is 10.6. The van der Waals surface area contributed by atoms with E-state index in [9.17, 15) is 13.6 Å². The van der Waals surface area contributed by atoms with Crippen LogP contribution in [0, 0.1) is 11.6 Å². The molecule has 0 saturated carbocycles. The molecule has 0 spiro atoms. The van der Waals surface area contributed by atoms with E-state index < -0.39 is 34.5 Å². The third-order valence-electron chi connectivity index (χ3n) is 1.54. The van der Waals surface area contributed by atoms with Crippen LogP contribution in [0.1, 0.15) is 5.56 Å². The highest BCUT2D eigenvalue weighted by molar-refractivity contribution is 6.30. The third kappa shape index (κ3) is 1.89. The number of halogens is 3. The summed E-state index contributed by atoms with van der Waals surface area (Å²) in [7, 11) is 0. The highest BCUT2D eigenvalue weighted by atomic mass is 35.5. The van der Waals surface area contributed by atoms with Crippen molar-refractivity contribution in [1.82, 2.24) is 0 Å². The third-order valence-corrected chi connectivity index (χ3v) is 1.82. The quantitative estimate of drug-likeness (QED) is 0.471. The van der Waals surface area contributed by atoms with Gasteiger partial charge in [-0.1, -0.05) is 11.6 Å². The Hall–Kier alpha value is -1.45. The molecule has 0 radical (unpaired) electrons. The molecular formula is C8H4ClF2NO2. The Kier molecular flexibility index (Phi) is 3.17. The van der Waals surface area contributed by atoms with E-state index in [2.05, 4.69) is 4.99 Å². The number of aliphatic imine (C=N–C) groups is 1. The minimum atomic E-state index is -1.06. The van der Waals surface area contributed by atoms with E-state index >= 15 is 0 Å². The van der Waals surface area contributed by atoms with E-state index in [0.29, 0.717) is 6.07 Å². The van der Waals surface area contributed by atoms with Crippen molar-refractivity contribution < 1.29 is 18.7 Å². The van der Waals surface area contributed by atoms with Gasteiger partial charge < -0.3 is 5.11 Å². The Morgan fingerprint density at radius 2 is 2.21 bits per heavy atom. The molecule has 0 atom stereocenters. The molecule has 74 valence electrons. The normalized spacial score (nSPS) is 9.64. The highest BCUT2D eigenvalue weighted by Gasteiger charge is 2.16. The number of nitrogens with zero attached hydrogens (tertiary/aromatic N) is 1. The molecule has 0 aromatic heterocycles. The molecule has 0 saturated heterocycles. The van der Waals surface area contributed by atoms with Crippen LogP contribution in [-0.2, 0) is 11.3 Å². The molecule has 1 rings (SSSR count). The van der Waals surface area contributed by atoms with Crippen LogP contribution in [0.2, 0.25) is 5.02 Å². The Morgan fingerprint density at radius 3 is 2.79 bits per heavy atom. The lowest BCUT2D eigenvalue weighted by molar-refractivity contribution is 0.418. The van der Waals surface area contributed by atoms with E-state index in [1.165, 1.54) is 0 Å². The van der Waals surface area contributed by atoms with Gasteiger partial charge in [0.15, 0.2) is 17.4 Å². The average Bonchev–Trinajstić information content (AvgIpc) is 2.15. The first-order chi connectivity index (χ1) is 6.57. The summed E-state index contributed by atoms with van der Waals surface area (Å²) in [6.07, 6.45) is 1.14. The lowest BCUT2D eigenvalue weighted by Gasteiger charge is -2.04. The van der Waals surface area contributed by atoms with Crippen LogP contribution in [0.15, 0.2) is 11.1 Å². The monoisotopic (exact) mass is 219 g/mol. The van der Waals surface area contributed by atoms with Crippen LogP contribution < -0.4 is 0 Å². The van der Waals surface area contributed by atoms with E-state index in [-0.39, 0.29) is 0 Å². The van der Waals surface area contributed by atoms with Crippen molar-refractivity contribution in [3.05, 3.63) is 28.3 Å². The summed E-state index contributed by atoms with van der Waals surface area (Å²) in [5, 5.41) is 8.59. The number of rotatable bonds is 2. The number of carbonyl (C=O) groups excluding carboxylic acids is 1. The van der Waals surface area contributed by atoms with Crippen molar-refractivity contribution in [2.24, 2.45) is 4.99 Å². The average molecular weight is 220 g/mol. The predicted molar refractivity (Wildman–Crippen MR) is 44.9 cm³/mol. The Bertz CT molecular complexity index is 390. The van der Waals surface area contributed by atoms with Crippen molar-refractivity contribution >= 4 is 17.7 Å². The summed E-state index contributed by atoms with van der Waals surface area (Å²) in [5.74, 6) is -2.96. The second-order valence-corrected chi connectivity index (χ2v) is 2.80. The molecule has 1 aromatic carbocycles. The molecule has 0 fully saturated rings. The summed E-state index contributed by atoms with van der Waals surface area (Å²) in [6.45, 7) is -0.501. The molecule has 0 aliphatic heterocycles. The van der Waals surface area contributed by atoms with Crippen LogP contribution in [0.5, 0.6) is 5.75 Å². The van der Waals surface area contributed by atoms with E-state index in [4.69, 9.17) is 16.7 Å². The number of benzene rings is 1. The van der Waals surface area contributed by atoms with Gasteiger partial charge in [0.05, 0.1) is 17.1 Å². The van der Waals surface area contributed by atoms with E-state index in [1.54, 1.807) is 0 Å². The second kappa shape index (κ2) is 4.17. The molecule has 0 amide bonds. The molecule has 0 aliphatic carbocycles. The molecule has 1 aromatic rings. The predicted octanol–water partition coefficient (Wildman–Crippen LogP) is 2.16. The van der Waals surface area contributed by atoms with Gasteiger partial charge in [-0.2, -0.15) is 0 Å². The minimum absolute atomic E-state index is 0.460. The molecule has 1 N–H and O–H groups in total. The SMILES string of the molecule is O=C=NCc1c(O)c(F)cc(Cl)c1F. The highest BCUT2D eigenvalue weighted by Crippen LogP contribution is 2.30. The summed E-state index contributed by atoms with van der Waals surface area (Å²) in [4.78, 5) is 12.8. The fourth-order valence-corrected chi connectivity index (χ4v) is 1.10. The topological polar surface area (TPSA) is 49.7 Å². The van der Waals surface area contributed by atoms with E-state index in [0.717, 1.165) is 6.08 Å². The van der Waals surface area contributed by atoms with Crippen LogP contribution in [0.4, 0.5) is 8.78 Å². The number of aromatic hydroxyl groups is 1.